The molecule has 1 heterocycles. The van der Waals surface area contributed by atoms with E-state index >= 15 is 0 Å². The van der Waals surface area contributed by atoms with Crippen LogP contribution in [0.5, 0.6) is 0 Å². The van der Waals surface area contributed by atoms with Gasteiger partial charge >= 0.3 is 0 Å². The van der Waals surface area contributed by atoms with Crippen LogP contribution in [0.2, 0.25) is 0 Å². The number of aromatic nitrogens is 1. The molecule has 0 saturated carbocycles. The molecule has 1 aromatic heterocycles. The highest BCUT2D eigenvalue weighted by Gasteiger charge is 2.11. The van der Waals surface area contributed by atoms with Crippen molar-refractivity contribution in [3.05, 3.63) is 28.5 Å². The van der Waals surface area contributed by atoms with Crippen LogP contribution >= 0.6 is 15.9 Å². The zero-order valence-electron chi connectivity index (χ0n) is 9.57. The van der Waals surface area contributed by atoms with Crippen LogP contribution in [0.4, 0.5) is 0 Å². The van der Waals surface area contributed by atoms with E-state index in [1.807, 2.05) is 19.2 Å². The molecule has 88 valence electrons. The summed E-state index contributed by atoms with van der Waals surface area (Å²) < 4.78 is 0.982. The molecule has 0 aromatic carbocycles. The molecule has 0 bridgehead atoms. The zero-order chi connectivity index (χ0) is 12.1. The minimum absolute atomic E-state index is 0.225. The van der Waals surface area contributed by atoms with Gasteiger partial charge in [-0.3, -0.25) is 15.3 Å². The Labute approximate surface area is 104 Å². The Hall–Kier alpha value is -0.940. The third-order valence-electron chi connectivity index (χ3n) is 2.47. The molecule has 4 nitrogen and oxygen atoms in total. The van der Waals surface area contributed by atoms with E-state index in [4.69, 9.17) is 11.1 Å². The fourth-order valence-corrected chi connectivity index (χ4v) is 1.62. The van der Waals surface area contributed by atoms with E-state index in [2.05, 4.69) is 32.7 Å². The summed E-state index contributed by atoms with van der Waals surface area (Å²) in [7, 11) is 2.01. The van der Waals surface area contributed by atoms with Crippen LogP contribution in [-0.4, -0.2) is 28.8 Å². The highest BCUT2D eigenvalue weighted by atomic mass is 79.9. The number of nitrogens with two attached hydrogens (primary N) is 1. The van der Waals surface area contributed by atoms with Crippen molar-refractivity contribution in [2.24, 2.45) is 5.73 Å². The van der Waals surface area contributed by atoms with E-state index in [0.29, 0.717) is 6.42 Å². The minimum atomic E-state index is 0.225. The first-order valence-corrected chi connectivity index (χ1v) is 5.92. The van der Waals surface area contributed by atoms with Gasteiger partial charge < -0.3 is 5.73 Å². The quantitative estimate of drug-likeness (QED) is 0.642. The predicted octanol–water partition coefficient (Wildman–Crippen LogP) is 1.99. The van der Waals surface area contributed by atoms with Crippen LogP contribution in [0.15, 0.2) is 22.8 Å². The second kappa shape index (κ2) is 5.96. The van der Waals surface area contributed by atoms with E-state index in [0.717, 1.165) is 16.7 Å². The fraction of sp³-hybridized carbons (Fsp3) is 0.455. The largest absolute Gasteiger partial charge is 0.388 e. The first kappa shape index (κ1) is 13.1. The molecule has 1 atom stereocenters. The molecule has 0 saturated heterocycles. The molecule has 16 heavy (non-hydrogen) atoms. The summed E-state index contributed by atoms with van der Waals surface area (Å²) in [6.45, 7) is 2.82. The summed E-state index contributed by atoms with van der Waals surface area (Å²) in [5.41, 5.74) is 6.39. The monoisotopic (exact) mass is 284 g/mol. The summed E-state index contributed by atoms with van der Waals surface area (Å²) in [4.78, 5) is 6.44. The Morgan fingerprint density at radius 3 is 2.81 bits per heavy atom. The number of amidine groups is 1. The Bertz CT molecular complexity index is 350. The molecule has 0 aliphatic rings. The standard InChI is InChI=1S/C11H17BrN4/c1-8(5-11(13)14)16(2)7-10-4-3-9(12)6-15-10/h3-4,6,8H,5,7H2,1-2H3,(H3,13,14). The van der Waals surface area contributed by atoms with Gasteiger partial charge in [0.25, 0.3) is 0 Å². The molecule has 1 rings (SSSR count). The molecule has 5 heteroatoms. The van der Waals surface area contributed by atoms with Crippen molar-refractivity contribution in [2.45, 2.75) is 25.9 Å². The second-order valence-corrected chi connectivity index (χ2v) is 4.88. The van der Waals surface area contributed by atoms with E-state index < -0.39 is 0 Å². The summed E-state index contributed by atoms with van der Waals surface area (Å²) >= 11 is 3.35. The molecule has 0 aliphatic carbocycles. The van der Waals surface area contributed by atoms with Gasteiger partial charge in [-0.15, -0.1) is 0 Å². The molecule has 0 fully saturated rings. The van der Waals surface area contributed by atoms with Gasteiger partial charge in [-0.05, 0) is 42.0 Å². The van der Waals surface area contributed by atoms with Crippen LogP contribution in [0, 0.1) is 5.41 Å². The molecule has 0 aliphatic heterocycles. The molecule has 1 aromatic rings. The van der Waals surface area contributed by atoms with E-state index in [1.165, 1.54) is 0 Å². The molecule has 0 spiro atoms. The molecular weight excluding hydrogens is 268 g/mol. The zero-order valence-corrected chi connectivity index (χ0v) is 11.2. The van der Waals surface area contributed by atoms with Gasteiger partial charge in [0.05, 0.1) is 11.5 Å². The lowest BCUT2D eigenvalue weighted by molar-refractivity contribution is 0.251. The lowest BCUT2D eigenvalue weighted by Crippen LogP contribution is -2.32. The lowest BCUT2D eigenvalue weighted by atomic mass is 10.2. The molecule has 1 unspecified atom stereocenters. The van der Waals surface area contributed by atoms with E-state index in [-0.39, 0.29) is 11.9 Å². The first-order valence-electron chi connectivity index (χ1n) is 5.12. The molecular formula is C11H17BrN4. The van der Waals surface area contributed by atoms with E-state index in [9.17, 15) is 0 Å². The summed E-state index contributed by atoms with van der Waals surface area (Å²) in [5.74, 6) is 0.225. The number of nitrogens with zero attached hydrogens (tertiary/aromatic N) is 2. The van der Waals surface area contributed by atoms with Gasteiger partial charge in [0.2, 0.25) is 0 Å². The van der Waals surface area contributed by atoms with Crippen molar-refractivity contribution in [2.75, 3.05) is 7.05 Å². The maximum Gasteiger partial charge on any atom is 0.0920 e. The van der Waals surface area contributed by atoms with Gasteiger partial charge in [0.1, 0.15) is 0 Å². The number of nitrogens with one attached hydrogen (secondary N) is 1. The Morgan fingerprint density at radius 1 is 1.62 bits per heavy atom. The topological polar surface area (TPSA) is 66.0 Å². The van der Waals surface area contributed by atoms with Gasteiger partial charge in [-0.2, -0.15) is 0 Å². The number of rotatable bonds is 5. The molecule has 3 N–H and O–H groups in total. The highest BCUT2D eigenvalue weighted by molar-refractivity contribution is 9.10. The maximum absolute atomic E-state index is 7.26. The maximum atomic E-state index is 7.26. The normalized spacial score (nSPS) is 12.8. The van der Waals surface area contributed by atoms with Crippen molar-refractivity contribution in [3.8, 4) is 0 Å². The van der Waals surface area contributed by atoms with Crippen LogP contribution in [0.25, 0.3) is 0 Å². The first-order chi connectivity index (χ1) is 7.49. The Morgan fingerprint density at radius 2 is 2.31 bits per heavy atom. The third-order valence-corrected chi connectivity index (χ3v) is 2.94. The Kier molecular flexibility index (Phi) is 4.89. The van der Waals surface area contributed by atoms with E-state index in [1.54, 1.807) is 6.20 Å². The lowest BCUT2D eigenvalue weighted by Gasteiger charge is -2.23. The van der Waals surface area contributed by atoms with Crippen LogP contribution in [-0.2, 0) is 6.54 Å². The molecule has 0 radical (unpaired) electrons. The smallest absolute Gasteiger partial charge is 0.0920 e. The van der Waals surface area contributed by atoms with Crippen molar-refractivity contribution in [1.29, 1.82) is 5.41 Å². The van der Waals surface area contributed by atoms with Crippen molar-refractivity contribution < 1.29 is 0 Å². The number of pyridine rings is 1. The van der Waals surface area contributed by atoms with Gasteiger partial charge in [0, 0.05) is 29.7 Å². The number of halogens is 1. The summed E-state index contributed by atoms with van der Waals surface area (Å²) in [6, 6.07) is 4.22. The number of hydrogen-bond donors (Lipinski definition) is 2. The average Bonchev–Trinajstić information content (AvgIpc) is 2.20. The SMILES string of the molecule is CC(CC(=N)N)N(C)Cc1ccc(Br)cn1. The van der Waals surface area contributed by atoms with Crippen LogP contribution in [0.3, 0.4) is 0 Å². The average molecular weight is 285 g/mol. The van der Waals surface area contributed by atoms with Crippen LogP contribution < -0.4 is 5.73 Å². The Balaban J connectivity index is 2.53. The van der Waals surface area contributed by atoms with Crippen molar-refractivity contribution in [3.63, 3.8) is 0 Å². The number of hydrogen-bond acceptors (Lipinski definition) is 3. The van der Waals surface area contributed by atoms with Gasteiger partial charge in [0.15, 0.2) is 0 Å². The predicted molar refractivity (Wildman–Crippen MR) is 69.4 cm³/mol. The minimum Gasteiger partial charge on any atom is -0.388 e. The van der Waals surface area contributed by atoms with Gasteiger partial charge in [-0.1, -0.05) is 0 Å². The third kappa shape index (κ3) is 4.28. The van der Waals surface area contributed by atoms with Crippen molar-refractivity contribution >= 4 is 21.8 Å². The summed E-state index contributed by atoms with van der Waals surface area (Å²) in [5, 5.41) is 7.26. The van der Waals surface area contributed by atoms with Gasteiger partial charge in [-0.25, -0.2) is 0 Å². The van der Waals surface area contributed by atoms with Crippen molar-refractivity contribution in [1.82, 2.24) is 9.88 Å². The summed E-state index contributed by atoms with van der Waals surface area (Å²) in [6.07, 6.45) is 2.38. The highest BCUT2D eigenvalue weighted by Crippen LogP contribution is 2.10. The van der Waals surface area contributed by atoms with Crippen LogP contribution in [0.1, 0.15) is 19.0 Å². The molecule has 0 amide bonds. The second-order valence-electron chi connectivity index (χ2n) is 3.96. The fourth-order valence-electron chi connectivity index (χ4n) is 1.39.